The third-order valence-corrected chi connectivity index (χ3v) is 2.27. The smallest absolute Gasteiger partial charge is 0.335 e. The maximum absolute atomic E-state index is 13.3. The number of fused-ring (bicyclic) bond motifs is 1. The molecule has 14 heavy (non-hydrogen) atoms. The monoisotopic (exact) mass is 259 g/mol. The van der Waals surface area contributed by atoms with Crippen molar-refractivity contribution in [1.29, 1.82) is 0 Å². The van der Waals surface area contributed by atoms with Crippen molar-refractivity contribution in [2.24, 2.45) is 0 Å². The van der Waals surface area contributed by atoms with E-state index < -0.39 is 11.8 Å². The lowest BCUT2D eigenvalue weighted by molar-refractivity contribution is 0.0696. The topological polar surface area (TPSA) is 63.3 Å². The van der Waals surface area contributed by atoms with E-state index in [1.165, 1.54) is 6.07 Å². The number of halogens is 2. The molecule has 1 N–H and O–H groups in total. The van der Waals surface area contributed by atoms with E-state index in [-0.39, 0.29) is 21.1 Å². The zero-order valence-corrected chi connectivity index (χ0v) is 8.21. The van der Waals surface area contributed by atoms with Crippen LogP contribution >= 0.6 is 15.9 Å². The van der Waals surface area contributed by atoms with Crippen molar-refractivity contribution in [2.45, 2.75) is 0 Å². The molecule has 0 bridgehead atoms. The Bertz CT molecular complexity index is 523. The number of carboxylic acids is 1. The number of aromatic carboxylic acids is 1. The molecule has 4 nitrogen and oxygen atoms in total. The molecule has 1 heterocycles. The Morgan fingerprint density at radius 1 is 1.57 bits per heavy atom. The largest absolute Gasteiger partial charge is 0.478 e. The van der Waals surface area contributed by atoms with Gasteiger partial charge in [-0.25, -0.2) is 9.18 Å². The number of benzene rings is 1. The molecule has 0 fully saturated rings. The number of nitrogens with zero attached hydrogens (tertiary/aromatic N) is 1. The lowest BCUT2D eigenvalue weighted by Crippen LogP contribution is -1.96. The highest BCUT2D eigenvalue weighted by Crippen LogP contribution is 2.27. The summed E-state index contributed by atoms with van der Waals surface area (Å²) in [7, 11) is 0. The van der Waals surface area contributed by atoms with Gasteiger partial charge in [-0.15, -0.1) is 0 Å². The van der Waals surface area contributed by atoms with Crippen LogP contribution < -0.4 is 0 Å². The van der Waals surface area contributed by atoms with E-state index >= 15 is 0 Å². The van der Waals surface area contributed by atoms with Gasteiger partial charge in [-0.1, -0.05) is 5.16 Å². The van der Waals surface area contributed by atoms with Gasteiger partial charge in [0.2, 0.25) is 0 Å². The first-order valence-electron chi connectivity index (χ1n) is 3.57. The average molecular weight is 260 g/mol. The predicted molar refractivity (Wildman–Crippen MR) is 48.6 cm³/mol. The fourth-order valence-electron chi connectivity index (χ4n) is 1.11. The highest BCUT2D eigenvalue weighted by molar-refractivity contribution is 9.10. The van der Waals surface area contributed by atoms with Gasteiger partial charge in [0.25, 0.3) is 0 Å². The van der Waals surface area contributed by atoms with Crippen LogP contribution in [0.3, 0.4) is 0 Å². The summed E-state index contributed by atoms with van der Waals surface area (Å²) >= 11 is 2.99. The Hall–Kier alpha value is -1.43. The van der Waals surface area contributed by atoms with Gasteiger partial charge >= 0.3 is 5.97 Å². The number of aromatic nitrogens is 1. The molecule has 0 saturated carbocycles. The van der Waals surface area contributed by atoms with Gasteiger partial charge in [-0.2, -0.15) is 0 Å². The van der Waals surface area contributed by atoms with Crippen molar-refractivity contribution in [3.05, 3.63) is 28.1 Å². The van der Waals surface area contributed by atoms with Gasteiger partial charge in [0.05, 0.1) is 10.9 Å². The number of rotatable bonds is 1. The second-order valence-corrected chi connectivity index (χ2v) is 3.36. The molecular weight excluding hydrogens is 257 g/mol. The minimum atomic E-state index is -1.21. The van der Waals surface area contributed by atoms with E-state index in [1.54, 1.807) is 0 Å². The van der Waals surface area contributed by atoms with Crippen molar-refractivity contribution in [3.8, 4) is 0 Å². The normalized spacial score (nSPS) is 10.7. The highest BCUT2D eigenvalue weighted by atomic mass is 79.9. The second-order valence-electron chi connectivity index (χ2n) is 2.61. The van der Waals surface area contributed by atoms with Crippen LogP contribution in [0.15, 0.2) is 21.3 Å². The molecule has 2 rings (SSSR count). The summed E-state index contributed by atoms with van der Waals surface area (Å²) in [5, 5.41) is 12.2. The van der Waals surface area contributed by atoms with Crippen molar-refractivity contribution in [3.63, 3.8) is 0 Å². The summed E-state index contributed by atoms with van der Waals surface area (Å²) in [5.74, 6) is -1.88. The molecule has 1 aromatic heterocycles. The Morgan fingerprint density at radius 2 is 2.29 bits per heavy atom. The van der Waals surface area contributed by atoms with Crippen molar-refractivity contribution < 1.29 is 18.8 Å². The van der Waals surface area contributed by atoms with Crippen LogP contribution in [0, 0.1) is 5.82 Å². The van der Waals surface area contributed by atoms with Crippen LogP contribution in [0.2, 0.25) is 0 Å². The minimum absolute atomic E-state index is 0.106. The molecule has 1 aromatic carbocycles. The zero-order valence-electron chi connectivity index (χ0n) is 6.62. The van der Waals surface area contributed by atoms with Crippen LogP contribution in [-0.4, -0.2) is 16.2 Å². The van der Waals surface area contributed by atoms with Crippen LogP contribution in [0.4, 0.5) is 4.39 Å². The quantitative estimate of drug-likeness (QED) is 0.855. The Labute approximate surface area is 85.4 Å². The van der Waals surface area contributed by atoms with E-state index in [0.29, 0.717) is 0 Å². The first-order valence-corrected chi connectivity index (χ1v) is 4.36. The summed E-state index contributed by atoms with van der Waals surface area (Å²) < 4.78 is 18.3. The van der Waals surface area contributed by atoms with Gasteiger partial charge in [0.15, 0.2) is 10.2 Å². The van der Waals surface area contributed by atoms with Gasteiger partial charge < -0.3 is 9.63 Å². The number of carbonyl (C=O) groups is 1. The van der Waals surface area contributed by atoms with E-state index in [9.17, 15) is 9.18 Å². The van der Waals surface area contributed by atoms with Gasteiger partial charge in [-0.3, -0.25) is 0 Å². The summed E-state index contributed by atoms with van der Waals surface area (Å²) in [6, 6.07) is 2.14. The molecule has 2 aromatic rings. The van der Waals surface area contributed by atoms with E-state index in [4.69, 9.17) is 9.63 Å². The first-order chi connectivity index (χ1) is 6.59. The van der Waals surface area contributed by atoms with Gasteiger partial charge in [0, 0.05) is 0 Å². The van der Waals surface area contributed by atoms with E-state index in [2.05, 4.69) is 21.1 Å². The van der Waals surface area contributed by atoms with Crippen LogP contribution in [0.5, 0.6) is 0 Å². The Morgan fingerprint density at radius 3 is 2.93 bits per heavy atom. The maximum atomic E-state index is 13.3. The third kappa shape index (κ3) is 1.27. The van der Waals surface area contributed by atoms with E-state index in [1.807, 2.05) is 0 Å². The molecule has 0 aliphatic carbocycles. The number of carboxylic acid groups (broad SMARTS) is 1. The maximum Gasteiger partial charge on any atom is 0.335 e. The number of hydrogen-bond acceptors (Lipinski definition) is 3. The molecule has 0 aliphatic rings. The molecule has 6 heteroatoms. The lowest BCUT2D eigenvalue weighted by atomic mass is 10.2. The fraction of sp³-hybridized carbons (Fsp3) is 0. The summed E-state index contributed by atoms with van der Waals surface area (Å²) in [4.78, 5) is 10.6. The fourth-order valence-corrected chi connectivity index (χ4v) is 1.57. The SMILES string of the molecule is O=C(O)c1cc(F)c2c(Br)noc2c1. The van der Waals surface area contributed by atoms with Crippen LogP contribution in [0.25, 0.3) is 11.0 Å². The minimum Gasteiger partial charge on any atom is -0.478 e. The Balaban J connectivity index is 2.80. The van der Waals surface area contributed by atoms with Crippen LogP contribution in [0.1, 0.15) is 10.4 Å². The summed E-state index contributed by atoms with van der Waals surface area (Å²) in [6.45, 7) is 0. The van der Waals surface area contributed by atoms with Gasteiger partial charge in [-0.05, 0) is 28.1 Å². The average Bonchev–Trinajstić information content (AvgIpc) is 2.48. The number of hydrogen-bond donors (Lipinski definition) is 1. The molecule has 72 valence electrons. The van der Waals surface area contributed by atoms with Crippen LogP contribution in [-0.2, 0) is 0 Å². The second kappa shape index (κ2) is 3.06. The molecule has 0 radical (unpaired) electrons. The zero-order chi connectivity index (χ0) is 10.3. The summed E-state index contributed by atoms with van der Waals surface area (Å²) in [6.07, 6.45) is 0. The molecule has 0 spiro atoms. The van der Waals surface area contributed by atoms with Gasteiger partial charge in [0.1, 0.15) is 5.82 Å². The Kier molecular flexibility index (Phi) is 1.99. The molecule has 0 aliphatic heterocycles. The lowest BCUT2D eigenvalue weighted by Gasteiger charge is -1.94. The molecule has 0 amide bonds. The first kappa shape index (κ1) is 9.14. The molecular formula is C8H3BrFNO3. The summed E-state index contributed by atoms with van der Waals surface area (Å²) in [5.41, 5.74) is -0.0621. The third-order valence-electron chi connectivity index (χ3n) is 1.73. The molecule has 0 atom stereocenters. The molecule has 0 unspecified atom stereocenters. The van der Waals surface area contributed by atoms with E-state index in [0.717, 1.165) is 6.07 Å². The predicted octanol–water partition coefficient (Wildman–Crippen LogP) is 2.43. The van der Waals surface area contributed by atoms with Crippen molar-refractivity contribution in [2.75, 3.05) is 0 Å². The van der Waals surface area contributed by atoms with Crippen molar-refractivity contribution in [1.82, 2.24) is 5.16 Å². The standard InChI is InChI=1S/C8H3BrFNO3/c9-7-6-4(10)1-3(8(12)13)2-5(6)14-11-7/h1-2H,(H,12,13). The molecule has 0 saturated heterocycles. The van der Waals surface area contributed by atoms with Crippen molar-refractivity contribution >= 4 is 32.9 Å². The highest BCUT2D eigenvalue weighted by Gasteiger charge is 2.15.